The Morgan fingerprint density at radius 2 is 1.82 bits per heavy atom. The third kappa shape index (κ3) is 6.31. The number of carbonyl (C=O) groups is 1. The Morgan fingerprint density at radius 3 is 2.36 bits per heavy atom. The number of nitrogens with zero attached hydrogens (tertiary/aromatic N) is 1. The molecule has 0 atom stereocenters. The molecule has 2 rings (SSSR count). The molecular weight excluding hydrogens is 328 g/mol. The van der Waals surface area contributed by atoms with Crippen molar-refractivity contribution in [2.75, 3.05) is 43.8 Å². The number of carbonyl (C=O) groups excluding carboxylic acids is 1. The highest BCUT2D eigenvalue weighted by Crippen LogP contribution is 2.12. The Kier molecular flexibility index (Phi) is 7.28. The van der Waals surface area contributed by atoms with Gasteiger partial charge < -0.3 is 4.74 Å². The van der Waals surface area contributed by atoms with E-state index in [0.29, 0.717) is 17.7 Å². The molecule has 1 fully saturated rings. The van der Waals surface area contributed by atoms with E-state index in [4.69, 9.17) is 4.74 Å². The van der Waals surface area contributed by atoms with Crippen LogP contribution >= 0.6 is 12.4 Å². The number of morpholine rings is 1. The lowest BCUT2D eigenvalue weighted by Crippen LogP contribution is -2.37. The van der Waals surface area contributed by atoms with Crippen LogP contribution in [0.5, 0.6) is 0 Å². The summed E-state index contributed by atoms with van der Waals surface area (Å²) in [6.07, 6.45) is 1.55. The monoisotopic (exact) mass is 348 g/mol. The van der Waals surface area contributed by atoms with E-state index in [-0.39, 0.29) is 18.2 Å². The van der Waals surface area contributed by atoms with E-state index in [9.17, 15) is 13.2 Å². The third-order valence-corrected chi connectivity index (χ3v) is 3.88. The van der Waals surface area contributed by atoms with Crippen LogP contribution in [0.1, 0.15) is 16.8 Å². The van der Waals surface area contributed by atoms with E-state index in [1.54, 1.807) is 24.3 Å². The highest BCUT2D eigenvalue weighted by molar-refractivity contribution is 7.92. The Morgan fingerprint density at radius 1 is 1.23 bits per heavy atom. The molecule has 22 heavy (non-hydrogen) atoms. The van der Waals surface area contributed by atoms with Crippen molar-refractivity contribution >= 4 is 33.9 Å². The molecule has 1 aromatic rings. The Bertz CT molecular complexity index is 583. The highest BCUT2D eigenvalue weighted by Gasteiger charge is 2.13. The fraction of sp³-hybridized carbons (Fsp3) is 0.500. The van der Waals surface area contributed by atoms with Gasteiger partial charge in [-0.1, -0.05) is 0 Å². The number of ketones is 1. The van der Waals surface area contributed by atoms with E-state index in [1.165, 1.54) is 0 Å². The quantitative estimate of drug-likeness (QED) is 0.786. The minimum Gasteiger partial charge on any atom is -0.379 e. The first-order chi connectivity index (χ1) is 9.94. The van der Waals surface area contributed by atoms with E-state index in [0.717, 1.165) is 39.1 Å². The van der Waals surface area contributed by atoms with Gasteiger partial charge >= 0.3 is 0 Å². The zero-order valence-corrected chi connectivity index (χ0v) is 14.1. The lowest BCUT2D eigenvalue weighted by molar-refractivity contribution is 0.0370. The molecule has 0 aliphatic carbocycles. The summed E-state index contributed by atoms with van der Waals surface area (Å²) in [5.41, 5.74) is 1.06. The minimum atomic E-state index is -3.29. The molecule has 8 heteroatoms. The van der Waals surface area contributed by atoms with Crippen molar-refractivity contribution in [2.45, 2.75) is 6.42 Å². The predicted octanol–water partition coefficient (Wildman–Crippen LogP) is 1.38. The van der Waals surface area contributed by atoms with E-state index in [2.05, 4.69) is 9.62 Å². The van der Waals surface area contributed by atoms with Crippen molar-refractivity contribution in [1.82, 2.24) is 4.90 Å². The van der Waals surface area contributed by atoms with Crippen molar-refractivity contribution < 1.29 is 17.9 Å². The number of benzene rings is 1. The molecule has 0 unspecified atom stereocenters. The largest absolute Gasteiger partial charge is 0.379 e. The first kappa shape index (κ1) is 18.9. The standard InChI is InChI=1S/C14H20N2O4S.ClH/c1-21(18,19)15-13-4-2-12(3-5-13)14(17)6-7-16-8-10-20-11-9-16;/h2-5,15H,6-11H2,1H3;1H. The fourth-order valence-corrected chi connectivity index (χ4v) is 2.73. The molecule has 1 heterocycles. The number of anilines is 1. The summed E-state index contributed by atoms with van der Waals surface area (Å²) >= 11 is 0. The van der Waals surface area contributed by atoms with Crippen LogP contribution < -0.4 is 4.72 Å². The van der Waals surface area contributed by atoms with Crippen molar-refractivity contribution in [3.8, 4) is 0 Å². The smallest absolute Gasteiger partial charge is 0.229 e. The van der Waals surface area contributed by atoms with Gasteiger partial charge in [0, 0.05) is 37.3 Å². The summed E-state index contributed by atoms with van der Waals surface area (Å²) in [6.45, 7) is 3.90. The van der Waals surface area contributed by atoms with E-state index >= 15 is 0 Å². The molecule has 0 aromatic heterocycles. The normalized spacial score (nSPS) is 15.9. The second-order valence-corrected chi connectivity index (χ2v) is 6.83. The maximum Gasteiger partial charge on any atom is 0.229 e. The van der Waals surface area contributed by atoms with Crippen molar-refractivity contribution in [2.24, 2.45) is 0 Å². The molecule has 1 aromatic carbocycles. The molecular formula is C14H21ClN2O4S. The molecule has 0 spiro atoms. The zero-order valence-electron chi connectivity index (χ0n) is 12.4. The van der Waals surface area contributed by atoms with Gasteiger partial charge in [-0.2, -0.15) is 0 Å². The molecule has 1 N–H and O–H groups in total. The Balaban J connectivity index is 0.00000242. The van der Waals surface area contributed by atoms with Crippen LogP contribution in [0.4, 0.5) is 5.69 Å². The molecule has 0 amide bonds. The van der Waals surface area contributed by atoms with Crippen LogP contribution in [-0.2, 0) is 14.8 Å². The molecule has 6 nitrogen and oxygen atoms in total. The van der Waals surface area contributed by atoms with Gasteiger partial charge in [0.05, 0.1) is 19.5 Å². The molecule has 1 saturated heterocycles. The van der Waals surface area contributed by atoms with Crippen LogP contribution in [0.25, 0.3) is 0 Å². The topological polar surface area (TPSA) is 75.7 Å². The van der Waals surface area contributed by atoms with E-state index < -0.39 is 10.0 Å². The predicted molar refractivity (Wildman–Crippen MR) is 88.4 cm³/mol. The first-order valence-electron chi connectivity index (χ1n) is 6.85. The van der Waals surface area contributed by atoms with Gasteiger partial charge in [0.2, 0.25) is 10.0 Å². The number of rotatable bonds is 6. The average Bonchev–Trinajstić information content (AvgIpc) is 2.45. The number of halogens is 1. The van der Waals surface area contributed by atoms with Gasteiger partial charge in [0.1, 0.15) is 0 Å². The molecule has 0 radical (unpaired) electrons. The van der Waals surface area contributed by atoms with Crippen molar-refractivity contribution in [3.05, 3.63) is 29.8 Å². The number of nitrogens with one attached hydrogen (secondary N) is 1. The maximum atomic E-state index is 12.1. The summed E-state index contributed by atoms with van der Waals surface area (Å²) in [7, 11) is -3.29. The zero-order chi connectivity index (χ0) is 15.3. The van der Waals surface area contributed by atoms with Crippen LogP contribution in [0.2, 0.25) is 0 Å². The highest BCUT2D eigenvalue weighted by atomic mass is 35.5. The lowest BCUT2D eigenvalue weighted by Gasteiger charge is -2.26. The molecule has 0 saturated carbocycles. The van der Waals surface area contributed by atoms with Gasteiger partial charge in [-0.15, -0.1) is 12.4 Å². The van der Waals surface area contributed by atoms with Gasteiger partial charge in [-0.05, 0) is 24.3 Å². The Labute approximate surface area is 137 Å². The second-order valence-electron chi connectivity index (χ2n) is 5.08. The maximum absolute atomic E-state index is 12.1. The molecule has 1 aliphatic heterocycles. The number of hydrogen-bond donors (Lipinski definition) is 1. The van der Waals surface area contributed by atoms with Gasteiger partial charge in [-0.25, -0.2) is 8.42 Å². The SMILES string of the molecule is CS(=O)(=O)Nc1ccc(C(=O)CCN2CCOCC2)cc1.Cl. The number of ether oxygens (including phenoxy) is 1. The molecule has 0 bridgehead atoms. The van der Waals surface area contributed by atoms with Gasteiger partial charge in [0.25, 0.3) is 0 Å². The summed E-state index contributed by atoms with van der Waals surface area (Å²) in [5, 5.41) is 0. The summed E-state index contributed by atoms with van der Waals surface area (Å²) in [5.74, 6) is 0.0624. The average molecular weight is 349 g/mol. The van der Waals surface area contributed by atoms with Crippen molar-refractivity contribution in [1.29, 1.82) is 0 Å². The fourth-order valence-electron chi connectivity index (χ4n) is 2.17. The number of Topliss-reactive ketones (excluding diaryl/α,β-unsaturated/α-hetero) is 1. The van der Waals surface area contributed by atoms with Crippen molar-refractivity contribution in [3.63, 3.8) is 0 Å². The number of sulfonamides is 1. The number of hydrogen-bond acceptors (Lipinski definition) is 5. The van der Waals surface area contributed by atoms with Crippen LogP contribution in [0.3, 0.4) is 0 Å². The first-order valence-corrected chi connectivity index (χ1v) is 8.74. The summed E-state index contributed by atoms with van der Waals surface area (Å²) in [4.78, 5) is 14.3. The molecule has 124 valence electrons. The third-order valence-electron chi connectivity index (χ3n) is 3.27. The summed E-state index contributed by atoms with van der Waals surface area (Å²) in [6, 6.07) is 6.50. The molecule has 1 aliphatic rings. The van der Waals surface area contributed by atoms with Crippen LogP contribution in [0.15, 0.2) is 24.3 Å². The van der Waals surface area contributed by atoms with Crippen LogP contribution in [-0.4, -0.2) is 58.2 Å². The summed E-state index contributed by atoms with van der Waals surface area (Å²) < 4.78 is 29.8. The van der Waals surface area contributed by atoms with Gasteiger partial charge in [0.15, 0.2) is 5.78 Å². The minimum absolute atomic E-state index is 0. The van der Waals surface area contributed by atoms with Crippen LogP contribution in [0, 0.1) is 0 Å². The second kappa shape index (κ2) is 8.47. The van der Waals surface area contributed by atoms with Gasteiger partial charge in [-0.3, -0.25) is 14.4 Å². The Hall–Kier alpha value is -1.15. The lowest BCUT2D eigenvalue weighted by atomic mass is 10.1. The van der Waals surface area contributed by atoms with E-state index in [1.807, 2.05) is 0 Å².